The first-order chi connectivity index (χ1) is 15.1. The lowest BCUT2D eigenvalue weighted by Crippen LogP contribution is -2.50. The largest absolute Gasteiger partial charge is 0.369 e. The number of aliphatic imine (C=N–C) groups is 1. The molecule has 9 heteroatoms. The summed E-state index contributed by atoms with van der Waals surface area (Å²) in [6.07, 6.45) is 5.43. The molecule has 2 aliphatic heterocycles. The van der Waals surface area contributed by atoms with Crippen LogP contribution in [-0.4, -0.2) is 78.5 Å². The molecule has 0 radical (unpaired) electrons. The second kappa shape index (κ2) is 12.4. The highest BCUT2D eigenvalue weighted by Gasteiger charge is 2.22. The van der Waals surface area contributed by atoms with Crippen molar-refractivity contribution in [3.05, 3.63) is 16.1 Å². The van der Waals surface area contributed by atoms with Crippen molar-refractivity contribution < 1.29 is 4.79 Å². The van der Waals surface area contributed by atoms with Gasteiger partial charge < -0.3 is 16.4 Å². The maximum Gasteiger partial charge on any atom is 0.231 e. The summed E-state index contributed by atoms with van der Waals surface area (Å²) < 4.78 is 0. The predicted molar refractivity (Wildman–Crippen MR) is 127 cm³/mol. The van der Waals surface area contributed by atoms with E-state index in [1.54, 1.807) is 11.3 Å². The highest BCUT2D eigenvalue weighted by Crippen LogP contribution is 2.20. The van der Waals surface area contributed by atoms with Crippen molar-refractivity contribution in [2.45, 2.75) is 58.5 Å². The van der Waals surface area contributed by atoms with E-state index in [1.807, 2.05) is 0 Å². The van der Waals surface area contributed by atoms with Crippen LogP contribution in [0, 0.1) is 5.92 Å². The number of nitrogens with zero attached hydrogens (tertiary/aromatic N) is 4. The van der Waals surface area contributed by atoms with Gasteiger partial charge in [-0.15, -0.1) is 11.3 Å². The van der Waals surface area contributed by atoms with Gasteiger partial charge in [-0.2, -0.15) is 0 Å². The molecule has 4 N–H and O–H groups in total. The molecular weight excluding hydrogens is 410 g/mol. The Hall–Kier alpha value is -1.71. The topological polar surface area (TPSA) is 98.9 Å². The lowest BCUT2D eigenvalue weighted by atomic mass is 9.97. The van der Waals surface area contributed by atoms with E-state index in [4.69, 9.17) is 15.7 Å². The van der Waals surface area contributed by atoms with E-state index < -0.39 is 0 Å². The van der Waals surface area contributed by atoms with Crippen LogP contribution in [0.3, 0.4) is 0 Å². The highest BCUT2D eigenvalue weighted by atomic mass is 32.1. The molecule has 2 aliphatic rings. The van der Waals surface area contributed by atoms with Crippen LogP contribution in [0.1, 0.15) is 50.2 Å². The van der Waals surface area contributed by atoms with Crippen molar-refractivity contribution >= 4 is 23.2 Å². The molecule has 0 aliphatic carbocycles. The van der Waals surface area contributed by atoms with E-state index in [2.05, 4.69) is 39.7 Å². The molecule has 3 heterocycles. The molecule has 174 valence electrons. The van der Waals surface area contributed by atoms with Crippen LogP contribution in [0.25, 0.3) is 0 Å². The number of piperidine rings is 2. The Bertz CT molecular complexity index is 706. The predicted octanol–water partition coefficient (Wildman–Crippen LogP) is 1.42. The number of guanidine groups is 1. The first-order valence-corrected chi connectivity index (χ1v) is 12.6. The first-order valence-electron chi connectivity index (χ1n) is 11.8. The summed E-state index contributed by atoms with van der Waals surface area (Å²) in [5, 5.41) is 10.4. The zero-order valence-corrected chi connectivity index (χ0v) is 19.9. The van der Waals surface area contributed by atoms with Crippen molar-refractivity contribution in [3.63, 3.8) is 0 Å². The van der Waals surface area contributed by atoms with E-state index in [0.29, 0.717) is 18.5 Å². The molecule has 0 atom stereocenters. The first kappa shape index (κ1) is 23.9. The Labute approximate surface area is 190 Å². The summed E-state index contributed by atoms with van der Waals surface area (Å²) in [4.78, 5) is 25.4. The average Bonchev–Trinajstić information content (AvgIpc) is 3.22. The number of amides is 1. The smallest absolute Gasteiger partial charge is 0.231 e. The fourth-order valence-electron chi connectivity index (χ4n) is 4.33. The molecular formula is C22H39N7OS. The van der Waals surface area contributed by atoms with Crippen LogP contribution in [-0.2, 0) is 17.8 Å². The van der Waals surface area contributed by atoms with Crippen LogP contribution in [0.15, 0.2) is 10.4 Å². The normalized spacial score (nSPS) is 20.1. The second-order valence-electron chi connectivity index (χ2n) is 8.69. The SMILES string of the molecule is CCNC(=NCC1CCN(Cc2csc(CC)n2)CC1)NC1CCN(CC(N)=O)CC1. The van der Waals surface area contributed by atoms with E-state index >= 15 is 0 Å². The van der Waals surface area contributed by atoms with Crippen molar-refractivity contribution in [1.82, 2.24) is 25.4 Å². The minimum Gasteiger partial charge on any atom is -0.369 e. The number of carbonyl (C=O) groups excluding carboxylic acids is 1. The second-order valence-corrected chi connectivity index (χ2v) is 9.63. The Morgan fingerprint density at radius 3 is 2.52 bits per heavy atom. The molecule has 1 aromatic heterocycles. The molecule has 1 amide bonds. The molecule has 0 spiro atoms. The van der Waals surface area contributed by atoms with Gasteiger partial charge in [-0.3, -0.25) is 19.6 Å². The van der Waals surface area contributed by atoms with E-state index in [1.165, 1.54) is 23.5 Å². The van der Waals surface area contributed by atoms with Crippen LogP contribution < -0.4 is 16.4 Å². The van der Waals surface area contributed by atoms with Gasteiger partial charge in [0.25, 0.3) is 0 Å². The summed E-state index contributed by atoms with van der Waals surface area (Å²) in [5.41, 5.74) is 6.53. The van der Waals surface area contributed by atoms with Crippen LogP contribution >= 0.6 is 11.3 Å². The van der Waals surface area contributed by atoms with E-state index in [9.17, 15) is 4.79 Å². The Morgan fingerprint density at radius 1 is 1.19 bits per heavy atom. The fraction of sp³-hybridized carbons (Fsp3) is 0.773. The molecule has 0 bridgehead atoms. The van der Waals surface area contributed by atoms with Gasteiger partial charge in [0.2, 0.25) is 5.91 Å². The van der Waals surface area contributed by atoms with Gasteiger partial charge in [0, 0.05) is 44.1 Å². The lowest BCUT2D eigenvalue weighted by molar-refractivity contribution is -0.119. The maximum absolute atomic E-state index is 11.1. The van der Waals surface area contributed by atoms with Gasteiger partial charge in [-0.1, -0.05) is 6.92 Å². The quantitative estimate of drug-likeness (QED) is 0.390. The summed E-state index contributed by atoms with van der Waals surface area (Å²) in [6, 6.07) is 0.398. The molecule has 0 unspecified atom stereocenters. The number of rotatable bonds is 9. The Kier molecular flexibility index (Phi) is 9.54. The third-order valence-corrected chi connectivity index (χ3v) is 7.20. The summed E-state index contributed by atoms with van der Waals surface area (Å²) in [6.45, 7) is 11.4. The number of primary amides is 1. The summed E-state index contributed by atoms with van der Waals surface area (Å²) in [5.74, 6) is 1.32. The van der Waals surface area contributed by atoms with Crippen molar-refractivity contribution in [1.29, 1.82) is 0 Å². The molecule has 3 rings (SSSR count). The van der Waals surface area contributed by atoms with Crippen molar-refractivity contribution in [2.24, 2.45) is 16.6 Å². The molecule has 0 saturated carbocycles. The zero-order chi connectivity index (χ0) is 22.1. The van der Waals surface area contributed by atoms with Gasteiger partial charge in [0.1, 0.15) is 0 Å². The lowest BCUT2D eigenvalue weighted by Gasteiger charge is -2.33. The zero-order valence-electron chi connectivity index (χ0n) is 19.1. The number of thiazole rings is 1. The third-order valence-electron chi connectivity index (χ3n) is 6.15. The van der Waals surface area contributed by atoms with Gasteiger partial charge >= 0.3 is 0 Å². The van der Waals surface area contributed by atoms with Crippen LogP contribution in [0.2, 0.25) is 0 Å². The minimum atomic E-state index is -0.246. The number of carbonyl (C=O) groups is 1. The van der Waals surface area contributed by atoms with Crippen LogP contribution in [0.4, 0.5) is 0 Å². The summed E-state index contributed by atoms with van der Waals surface area (Å²) >= 11 is 1.78. The molecule has 0 aromatic carbocycles. The minimum absolute atomic E-state index is 0.246. The molecule has 1 aromatic rings. The number of aryl methyl sites for hydroxylation is 1. The van der Waals surface area contributed by atoms with Crippen molar-refractivity contribution in [3.8, 4) is 0 Å². The third kappa shape index (κ3) is 8.05. The van der Waals surface area contributed by atoms with Gasteiger partial charge in [0.05, 0.1) is 17.2 Å². The molecule has 2 fully saturated rings. The van der Waals surface area contributed by atoms with Crippen molar-refractivity contribution in [2.75, 3.05) is 45.8 Å². The monoisotopic (exact) mass is 449 g/mol. The Morgan fingerprint density at radius 2 is 1.90 bits per heavy atom. The van der Waals surface area contributed by atoms with Gasteiger partial charge in [0.15, 0.2) is 5.96 Å². The molecule has 8 nitrogen and oxygen atoms in total. The van der Waals surface area contributed by atoms with Crippen LogP contribution in [0.5, 0.6) is 0 Å². The van der Waals surface area contributed by atoms with Gasteiger partial charge in [-0.25, -0.2) is 4.98 Å². The number of hydrogen-bond acceptors (Lipinski definition) is 6. The number of hydrogen-bond donors (Lipinski definition) is 3. The number of nitrogens with one attached hydrogen (secondary N) is 2. The van der Waals surface area contributed by atoms with E-state index in [-0.39, 0.29) is 5.91 Å². The standard InChI is InChI=1S/C22H39N7OS/c1-3-21-26-19(16-31-21)14-28-9-5-17(6-10-28)13-25-22(24-4-2)27-18-7-11-29(12-8-18)15-20(23)30/h16-18H,3-15H2,1-2H3,(H2,23,30)(H2,24,25,27). The Balaban J connectivity index is 1.40. The summed E-state index contributed by atoms with van der Waals surface area (Å²) in [7, 11) is 0. The van der Waals surface area contributed by atoms with Gasteiger partial charge in [-0.05, 0) is 58.0 Å². The van der Waals surface area contributed by atoms with E-state index in [0.717, 1.165) is 71.0 Å². The molecule has 31 heavy (non-hydrogen) atoms. The number of aromatic nitrogens is 1. The fourth-order valence-corrected chi connectivity index (χ4v) is 5.07. The number of likely N-dealkylation sites (tertiary alicyclic amines) is 2. The molecule has 2 saturated heterocycles. The highest BCUT2D eigenvalue weighted by molar-refractivity contribution is 7.09. The number of nitrogens with two attached hydrogens (primary N) is 1. The average molecular weight is 450 g/mol. The maximum atomic E-state index is 11.1.